The van der Waals surface area contributed by atoms with Crippen LogP contribution in [0.3, 0.4) is 0 Å². The number of carbonyl (C=O) groups excluding carboxylic acids is 3. The van der Waals surface area contributed by atoms with Gasteiger partial charge >= 0.3 is 0 Å². The predicted octanol–water partition coefficient (Wildman–Crippen LogP) is 6.07. The zero-order valence-corrected chi connectivity index (χ0v) is 38.8. The molecule has 0 aliphatic carbocycles. The lowest BCUT2D eigenvalue weighted by Gasteiger charge is -2.27. The number of hydrogen-bond acceptors (Lipinski definition) is 12. The van der Waals surface area contributed by atoms with Crippen LogP contribution in [-0.4, -0.2) is 109 Å². The molecule has 2 aromatic rings. The van der Waals surface area contributed by atoms with Crippen LogP contribution in [0.2, 0.25) is 0 Å². The number of ketones is 1. The normalized spacial score (nSPS) is 19.1. The van der Waals surface area contributed by atoms with Crippen molar-refractivity contribution < 1.29 is 18.9 Å². The van der Waals surface area contributed by atoms with E-state index in [1.807, 2.05) is 11.0 Å². The predicted molar refractivity (Wildman–Crippen MR) is 250 cm³/mol. The van der Waals surface area contributed by atoms with Crippen molar-refractivity contribution in [1.29, 1.82) is 0 Å². The van der Waals surface area contributed by atoms with Crippen LogP contribution in [0.5, 0.6) is 0 Å². The van der Waals surface area contributed by atoms with Crippen molar-refractivity contribution in [2.45, 2.75) is 104 Å². The van der Waals surface area contributed by atoms with Crippen molar-refractivity contribution in [2.24, 2.45) is 33.1 Å². The van der Waals surface area contributed by atoms with E-state index in [0.29, 0.717) is 52.9 Å². The number of nitrogens with zero attached hydrogens (tertiary/aromatic N) is 5. The summed E-state index contributed by atoms with van der Waals surface area (Å²) in [6.07, 6.45) is 12.0. The molecular formula is C45H70Cl2N10O4. The highest BCUT2D eigenvalue weighted by atomic mass is 35.5. The third-order valence-corrected chi connectivity index (χ3v) is 11.4. The van der Waals surface area contributed by atoms with Gasteiger partial charge in [0, 0.05) is 70.1 Å². The van der Waals surface area contributed by atoms with Crippen LogP contribution in [0.25, 0.3) is 5.70 Å². The fourth-order valence-corrected chi connectivity index (χ4v) is 7.00. The van der Waals surface area contributed by atoms with Crippen molar-refractivity contribution in [1.82, 2.24) is 25.6 Å². The first-order valence-corrected chi connectivity index (χ1v) is 22.0. The second-order valence-electron chi connectivity index (χ2n) is 15.6. The molecule has 2 aliphatic rings. The molecule has 2 amide bonds. The molecule has 61 heavy (non-hydrogen) atoms. The quantitative estimate of drug-likeness (QED) is 0.0568. The Morgan fingerprint density at radius 3 is 2.15 bits per heavy atom. The number of rotatable bonds is 16. The van der Waals surface area contributed by atoms with Gasteiger partial charge in [-0.05, 0) is 83.9 Å². The van der Waals surface area contributed by atoms with Crippen molar-refractivity contribution in [3.63, 3.8) is 0 Å². The molecule has 2 aliphatic heterocycles. The molecule has 16 heteroatoms. The number of aromatic nitrogens is 1. The van der Waals surface area contributed by atoms with Gasteiger partial charge in [-0.3, -0.25) is 24.4 Å². The van der Waals surface area contributed by atoms with Gasteiger partial charge in [0.05, 0.1) is 17.1 Å². The van der Waals surface area contributed by atoms with Crippen LogP contribution in [0.1, 0.15) is 96.1 Å². The monoisotopic (exact) mass is 884 g/mol. The Bertz CT molecular complexity index is 1830. The molecule has 1 aromatic heterocycles. The van der Waals surface area contributed by atoms with E-state index in [9.17, 15) is 14.4 Å². The van der Waals surface area contributed by atoms with Crippen LogP contribution in [0.15, 0.2) is 79.5 Å². The van der Waals surface area contributed by atoms with E-state index in [-0.39, 0.29) is 39.9 Å². The van der Waals surface area contributed by atoms with E-state index in [0.717, 1.165) is 77.5 Å². The Morgan fingerprint density at radius 2 is 1.57 bits per heavy atom. The largest absolute Gasteiger partial charge is 0.397 e. The summed E-state index contributed by atoms with van der Waals surface area (Å²) in [5.74, 6) is 0.812. The number of nitrogens with two attached hydrogens (primary N) is 3. The highest BCUT2D eigenvalue weighted by Crippen LogP contribution is 2.20. The standard InChI is InChI=1S/C21H36ClN5O2.C15H22N2O.C9H12ClN3O/c1-5-14(2)9-10-26-16-8-6-7-11-27(13-16)21(29)18(20(22)25-4)19(24)17(23)12-15(3)28;18-13-17-11-5-4-8-15(12-17)16-10-9-14-6-2-1-3-7-14;1-5-4-7(13-14-5)8(11)6(2)9(10)12-3/h12,14,16,26H,5-11,13,23-24H2,1-4H3;1-3,6-7,13,15-16H,4-5,8-12H2;4H,11H2,1-3H3/b17-12-,19-18+,25-20?;;8-6-,12-9?. The summed E-state index contributed by atoms with van der Waals surface area (Å²) < 4.78 is 4.90. The molecule has 0 saturated carbocycles. The van der Waals surface area contributed by atoms with Crippen molar-refractivity contribution in [3.8, 4) is 0 Å². The Morgan fingerprint density at radius 1 is 0.951 bits per heavy atom. The Balaban J connectivity index is 0.000000340. The van der Waals surface area contributed by atoms with E-state index in [4.69, 9.17) is 44.9 Å². The van der Waals surface area contributed by atoms with Gasteiger partial charge in [0.1, 0.15) is 27.4 Å². The number of benzene rings is 1. The number of likely N-dealkylation sites (tertiary alicyclic amines) is 2. The third kappa shape index (κ3) is 19.4. The third-order valence-electron chi connectivity index (χ3n) is 10.6. The van der Waals surface area contributed by atoms with Crippen LogP contribution >= 0.6 is 23.2 Å². The van der Waals surface area contributed by atoms with E-state index in [1.54, 1.807) is 31.9 Å². The Kier molecular flexibility index (Phi) is 25.0. The van der Waals surface area contributed by atoms with Crippen LogP contribution < -0.4 is 27.8 Å². The van der Waals surface area contributed by atoms with E-state index >= 15 is 0 Å². The molecule has 0 radical (unpaired) electrons. The van der Waals surface area contributed by atoms with Gasteiger partial charge in [-0.25, -0.2) is 0 Å². The zero-order valence-electron chi connectivity index (χ0n) is 37.3. The molecule has 4 rings (SSSR count). The first-order chi connectivity index (χ1) is 29.1. The van der Waals surface area contributed by atoms with Crippen molar-refractivity contribution in [3.05, 3.63) is 82.0 Å². The highest BCUT2D eigenvalue weighted by Gasteiger charge is 2.28. The van der Waals surface area contributed by atoms with Gasteiger partial charge in [-0.15, -0.1) is 0 Å². The van der Waals surface area contributed by atoms with Gasteiger partial charge in [-0.1, -0.05) is 91.8 Å². The average Bonchev–Trinajstić information content (AvgIpc) is 3.40. The summed E-state index contributed by atoms with van der Waals surface area (Å²) in [4.78, 5) is 46.9. The average molecular weight is 886 g/mol. The van der Waals surface area contributed by atoms with E-state index in [1.165, 1.54) is 38.5 Å². The van der Waals surface area contributed by atoms with Crippen LogP contribution in [0.4, 0.5) is 0 Å². The fourth-order valence-electron chi connectivity index (χ4n) is 6.72. The van der Waals surface area contributed by atoms with Gasteiger partial charge in [-0.2, -0.15) is 0 Å². The van der Waals surface area contributed by atoms with Gasteiger partial charge in [0.25, 0.3) is 5.91 Å². The van der Waals surface area contributed by atoms with E-state index < -0.39 is 0 Å². The summed E-state index contributed by atoms with van der Waals surface area (Å²) in [5, 5.41) is 11.3. The van der Waals surface area contributed by atoms with E-state index in [2.05, 4.69) is 63.9 Å². The summed E-state index contributed by atoms with van der Waals surface area (Å²) in [6.45, 7) is 14.3. The molecule has 1 aromatic carbocycles. The van der Waals surface area contributed by atoms with Gasteiger partial charge in [0.15, 0.2) is 5.78 Å². The maximum atomic E-state index is 13.3. The second-order valence-corrected chi connectivity index (χ2v) is 16.3. The minimum absolute atomic E-state index is 0.0145. The van der Waals surface area contributed by atoms with Crippen molar-refractivity contribution >= 4 is 57.3 Å². The van der Waals surface area contributed by atoms with Crippen molar-refractivity contribution in [2.75, 3.05) is 53.4 Å². The fraction of sp³-hybridized carbons (Fsp3) is 0.556. The molecule has 2 fully saturated rings. The summed E-state index contributed by atoms with van der Waals surface area (Å²) in [5.41, 5.74) is 21.0. The smallest absolute Gasteiger partial charge is 0.259 e. The number of hydrogen-bond donors (Lipinski definition) is 5. The lowest BCUT2D eigenvalue weighted by molar-refractivity contribution is -0.126. The summed E-state index contributed by atoms with van der Waals surface area (Å²) in [7, 11) is 3.09. The number of aliphatic imine (C=N–C) groups is 2. The summed E-state index contributed by atoms with van der Waals surface area (Å²) in [6, 6.07) is 12.9. The number of aryl methyl sites for hydroxylation is 1. The molecule has 8 N–H and O–H groups in total. The zero-order chi connectivity index (χ0) is 45.3. The molecule has 3 unspecified atom stereocenters. The van der Waals surface area contributed by atoms with Gasteiger partial charge in [0.2, 0.25) is 6.41 Å². The highest BCUT2D eigenvalue weighted by molar-refractivity contribution is 6.72. The SMILES string of the molecule is CCC(C)CCNC1CCCCN(C(=O)/C(C(Cl)=NC)=C(N)\C(N)=C\C(C)=O)C1.CN=C(Cl)/C(C)=C(\N)c1cc(C)on1.O=CN1CCCCC(NCCc2ccccc2)C1. The van der Waals surface area contributed by atoms with Gasteiger partial charge < -0.3 is 42.2 Å². The minimum atomic E-state index is -0.311. The molecule has 0 bridgehead atoms. The van der Waals surface area contributed by atoms with Crippen LogP contribution in [-0.2, 0) is 20.8 Å². The Hall–Kier alpha value is -4.50. The number of nitrogens with one attached hydrogen (secondary N) is 2. The number of amides is 2. The second kappa shape index (κ2) is 28.9. The summed E-state index contributed by atoms with van der Waals surface area (Å²) >= 11 is 12.0. The molecule has 3 heterocycles. The first-order valence-electron chi connectivity index (χ1n) is 21.3. The lowest BCUT2D eigenvalue weighted by Crippen LogP contribution is -2.44. The molecule has 3 atom stereocenters. The number of carbonyl (C=O) groups is 3. The maximum Gasteiger partial charge on any atom is 0.259 e. The molecule has 338 valence electrons. The van der Waals surface area contributed by atoms with Crippen LogP contribution in [0, 0.1) is 12.8 Å². The molecule has 14 nitrogen and oxygen atoms in total. The molecular weight excluding hydrogens is 815 g/mol. The Labute approximate surface area is 373 Å². The minimum Gasteiger partial charge on any atom is -0.397 e. The lowest BCUT2D eigenvalue weighted by atomic mass is 10.0. The number of allylic oxidation sites excluding steroid dienone is 2. The topological polar surface area (TPSA) is 211 Å². The first kappa shape index (κ1) is 52.6. The molecule has 2 saturated heterocycles. The number of halogens is 2. The molecule has 0 spiro atoms. The maximum absolute atomic E-state index is 13.3.